The highest BCUT2D eigenvalue weighted by atomic mass is 32.2. The maximum atomic E-state index is 13.2. The van der Waals surface area contributed by atoms with Gasteiger partial charge in [-0.05, 0) is 50.0 Å². The molecule has 28 heavy (non-hydrogen) atoms. The van der Waals surface area contributed by atoms with Crippen molar-refractivity contribution in [1.29, 1.82) is 0 Å². The maximum Gasteiger partial charge on any atom is 0.259 e. The second-order valence-electron chi connectivity index (χ2n) is 7.59. The third kappa shape index (κ3) is 5.64. The van der Waals surface area contributed by atoms with E-state index in [1.165, 1.54) is 4.88 Å². The molecule has 2 amide bonds. The Kier molecular flexibility index (Phi) is 7.65. The summed E-state index contributed by atoms with van der Waals surface area (Å²) >= 11 is 1.71. The van der Waals surface area contributed by atoms with Crippen molar-refractivity contribution in [3.8, 4) is 0 Å². The summed E-state index contributed by atoms with van der Waals surface area (Å²) in [5, 5.41) is 2.05. The molecule has 0 bridgehead atoms. The molecule has 156 valence electrons. The molecule has 1 aliphatic carbocycles. The zero-order valence-electron chi connectivity index (χ0n) is 16.5. The first-order valence-corrected chi connectivity index (χ1v) is 12.8. The van der Waals surface area contributed by atoms with E-state index in [4.69, 9.17) is 4.74 Å². The van der Waals surface area contributed by atoms with E-state index >= 15 is 0 Å². The average Bonchev–Trinajstić information content (AvgIpc) is 3.32. The maximum absolute atomic E-state index is 13.2. The lowest BCUT2D eigenvalue weighted by Gasteiger charge is -2.19. The quantitative estimate of drug-likeness (QED) is 0.700. The molecule has 0 aromatic carbocycles. The van der Waals surface area contributed by atoms with Gasteiger partial charge in [0.05, 0.1) is 21.8 Å². The van der Waals surface area contributed by atoms with Crippen molar-refractivity contribution in [2.24, 2.45) is 10.3 Å². The summed E-state index contributed by atoms with van der Waals surface area (Å²) in [7, 11) is -0.975. The summed E-state index contributed by atoms with van der Waals surface area (Å²) in [5.74, 6) is 0.260. The standard InChI is InChI=1S/C20H30N2O4S2/c1-26-18-9-3-8-17(18)20(24)21-28(25)14-5-11-22(12-15-28)19(23)10-2-6-16-7-4-13-27-16/h4,7,13,17-18H,2-3,5-6,8-12,14-15H2,1H3. The Balaban J connectivity index is 1.53. The number of hydrogen-bond donors (Lipinski definition) is 0. The van der Waals surface area contributed by atoms with E-state index in [1.54, 1.807) is 23.3 Å². The molecule has 0 spiro atoms. The summed E-state index contributed by atoms with van der Waals surface area (Å²) in [5.41, 5.74) is 0. The fourth-order valence-corrected chi connectivity index (χ4v) is 6.72. The number of nitrogens with zero attached hydrogens (tertiary/aromatic N) is 2. The van der Waals surface area contributed by atoms with Gasteiger partial charge in [-0.1, -0.05) is 6.07 Å². The zero-order valence-corrected chi connectivity index (χ0v) is 18.1. The Morgan fingerprint density at radius 3 is 2.89 bits per heavy atom. The highest BCUT2D eigenvalue weighted by Gasteiger charge is 2.34. The molecule has 8 heteroatoms. The number of carbonyl (C=O) groups excluding carboxylic acids is 2. The van der Waals surface area contributed by atoms with Gasteiger partial charge in [0.25, 0.3) is 5.91 Å². The van der Waals surface area contributed by atoms with Crippen molar-refractivity contribution >= 4 is 32.9 Å². The molecule has 3 unspecified atom stereocenters. The SMILES string of the molecule is COC1CCCC1C(=O)N=S1(=O)CCCN(C(=O)CCCc2cccs2)CC1. The summed E-state index contributed by atoms with van der Waals surface area (Å²) in [4.78, 5) is 28.2. The van der Waals surface area contributed by atoms with Crippen LogP contribution in [0.4, 0.5) is 0 Å². The lowest BCUT2D eigenvalue weighted by molar-refractivity contribution is -0.131. The molecule has 0 N–H and O–H groups in total. The van der Waals surface area contributed by atoms with E-state index in [0.717, 1.165) is 32.1 Å². The van der Waals surface area contributed by atoms with Crippen LogP contribution in [-0.2, 0) is 30.5 Å². The first-order chi connectivity index (χ1) is 13.5. The fraction of sp³-hybridized carbons (Fsp3) is 0.700. The lowest BCUT2D eigenvalue weighted by atomic mass is 10.1. The first-order valence-electron chi connectivity index (χ1n) is 10.1. The normalized spacial score (nSPS) is 28.1. The van der Waals surface area contributed by atoms with E-state index in [0.29, 0.717) is 37.4 Å². The monoisotopic (exact) mass is 426 g/mol. The van der Waals surface area contributed by atoms with E-state index in [1.807, 2.05) is 11.4 Å². The van der Waals surface area contributed by atoms with E-state index in [9.17, 15) is 13.8 Å². The van der Waals surface area contributed by atoms with Gasteiger partial charge < -0.3 is 9.64 Å². The van der Waals surface area contributed by atoms with Gasteiger partial charge in [0.15, 0.2) is 0 Å². The Hall–Kier alpha value is -1.25. The minimum absolute atomic E-state index is 0.105. The van der Waals surface area contributed by atoms with Crippen molar-refractivity contribution in [2.45, 2.75) is 51.0 Å². The number of carbonyl (C=O) groups is 2. The molecule has 1 saturated carbocycles. The summed E-state index contributed by atoms with van der Waals surface area (Å²) in [6.07, 6.45) is 5.33. The van der Waals surface area contributed by atoms with Gasteiger partial charge in [0.1, 0.15) is 0 Å². The summed E-state index contributed by atoms with van der Waals surface area (Å²) in [6, 6.07) is 4.12. The topological polar surface area (TPSA) is 76.0 Å². The largest absolute Gasteiger partial charge is 0.381 e. The molecular formula is C20H30N2O4S2. The third-order valence-electron chi connectivity index (χ3n) is 5.65. The van der Waals surface area contributed by atoms with Crippen molar-refractivity contribution in [3.05, 3.63) is 22.4 Å². The molecule has 6 nitrogen and oxygen atoms in total. The Bertz CT molecular complexity index is 784. The minimum Gasteiger partial charge on any atom is -0.381 e. The number of thiophene rings is 1. The lowest BCUT2D eigenvalue weighted by Crippen LogP contribution is -2.33. The molecule has 3 rings (SSSR count). The molecule has 1 aliphatic heterocycles. The van der Waals surface area contributed by atoms with Crippen molar-refractivity contribution < 1.29 is 18.5 Å². The van der Waals surface area contributed by atoms with Gasteiger partial charge in [-0.3, -0.25) is 9.59 Å². The number of amides is 2. The predicted octanol–water partition coefficient (Wildman–Crippen LogP) is 3.11. The van der Waals surface area contributed by atoms with Crippen LogP contribution >= 0.6 is 11.3 Å². The number of ether oxygens (including phenoxy) is 1. The molecule has 1 saturated heterocycles. The molecule has 0 radical (unpaired) electrons. The van der Waals surface area contributed by atoms with Crippen LogP contribution < -0.4 is 0 Å². The Labute approximate surface area is 171 Å². The molecule has 1 aromatic rings. The Morgan fingerprint density at radius 2 is 2.14 bits per heavy atom. The van der Waals surface area contributed by atoms with Gasteiger partial charge in [0.2, 0.25) is 5.91 Å². The van der Waals surface area contributed by atoms with E-state index < -0.39 is 9.73 Å². The van der Waals surface area contributed by atoms with Crippen LogP contribution in [0.5, 0.6) is 0 Å². The average molecular weight is 427 g/mol. The Morgan fingerprint density at radius 1 is 1.29 bits per heavy atom. The smallest absolute Gasteiger partial charge is 0.259 e. The highest BCUT2D eigenvalue weighted by molar-refractivity contribution is 7.93. The van der Waals surface area contributed by atoms with Crippen LogP contribution in [0.3, 0.4) is 0 Å². The van der Waals surface area contributed by atoms with Gasteiger partial charge in [-0.15, -0.1) is 11.3 Å². The number of aryl methyl sites for hydroxylation is 1. The van der Waals surface area contributed by atoms with Crippen LogP contribution in [0.2, 0.25) is 0 Å². The van der Waals surface area contributed by atoms with E-state index in [-0.39, 0.29) is 23.8 Å². The highest BCUT2D eigenvalue weighted by Crippen LogP contribution is 2.29. The molecule has 3 atom stereocenters. The second-order valence-corrected chi connectivity index (χ2v) is 11.2. The van der Waals surface area contributed by atoms with Crippen molar-refractivity contribution in [2.75, 3.05) is 31.7 Å². The number of methoxy groups -OCH3 is 1. The molecular weight excluding hydrogens is 396 g/mol. The van der Waals surface area contributed by atoms with Crippen molar-refractivity contribution in [3.63, 3.8) is 0 Å². The fourth-order valence-electron chi connectivity index (χ4n) is 4.04. The van der Waals surface area contributed by atoms with Crippen LogP contribution in [0.25, 0.3) is 0 Å². The first kappa shape index (κ1) is 21.5. The van der Waals surface area contributed by atoms with Crippen LogP contribution in [0, 0.1) is 5.92 Å². The van der Waals surface area contributed by atoms with Gasteiger partial charge in [-0.2, -0.15) is 4.36 Å². The van der Waals surface area contributed by atoms with Gasteiger partial charge in [-0.25, -0.2) is 4.21 Å². The van der Waals surface area contributed by atoms with Crippen LogP contribution in [0.15, 0.2) is 21.9 Å². The molecule has 2 fully saturated rings. The molecule has 2 heterocycles. The predicted molar refractivity (Wildman–Crippen MR) is 112 cm³/mol. The van der Waals surface area contributed by atoms with Crippen molar-refractivity contribution in [1.82, 2.24) is 4.90 Å². The molecule has 1 aromatic heterocycles. The van der Waals surface area contributed by atoms with Crippen LogP contribution in [-0.4, -0.2) is 58.7 Å². The van der Waals surface area contributed by atoms with E-state index in [2.05, 4.69) is 10.4 Å². The molecule has 2 aliphatic rings. The second kappa shape index (κ2) is 9.98. The minimum atomic E-state index is -2.59. The van der Waals surface area contributed by atoms with Gasteiger partial charge in [0, 0.05) is 43.0 Å². The summed E-state index contributed by atoms with van der Waals surface area (Å²) < 4.78 is 22.7. The third-order valence-corrected chi connectivity index (χ3v) is 8.84. The van der Waals surface area contributed by atoms with Crippen LogP contribution in [0.1, 0.15) is 43.4 Å². The summed E-state index contributed by atoms with van der Waals surface area (Å²) in [6.45, 7) is 1.02. The zero-order chi connectivity index (χ0) is 20.0. The number of rotatable bonds is 6. The van der Waals surface area contributed by atoms with Gasteiger partial charge >= 0.3 is 0 Å². The number of hydrogen-bond acceptors (Lipinski definition) is 5.